The average Bonchev–Trinajstić information content (AvgIpc) is 2.94. The summed E-state index contributed by atoms with van der Waals surface area (Å²) < 4.78 is 51.7. The van der Waals surface area contributed by atoms with Crippen molar-refractivity contribution in [3.8, 4) is 17.4 Å². The van der Waals surface area contributed by atoms with E-state index in [-0.39, 0.29) is 16.6 Å². The number of primary amides is 1. The number of aromatic nitrogens is 2. The normalized spacial score (nSPS) is 11.8. The van der Waals surface area contributed by atoms with Gasteiger partial charge in [0.15, 0.2) is 0 Å². The van der Waals surface area contributed by atoms with E-state index < -0.39 is 37.6 Å². The van der Waals surface area contributed by atoms with Gasteiger partial charge in [-0.15, -0.1) is 0 Å². The molecule has 3 aromatic carbocycles. The van der Waals surface area contributed by atoms with E-state index in [0.29, 0.717) is 29.4 Å². The summed E-state index contributed by atoms with van der Waals surface area (Å²) in [5, 5.41) is 8.07. The summed E-state index contributed by atoms with van der Waals surface area (Å²) in [4.78, 5) is 32.2. The van der Waals surface area contributed by atoms with Crippen LogP contribution in [0.4, 0.5) is 40.8 Å². The van der Waals surface area contributed by atoms with Crippen molar-refractivity contribution >= 4 is 43.1 Å². The molecule has 0 atom stereocenters. The van der Waals surface area contributed by atoms with Crippen molar-refractivity contribution < 1.29 is 31.9 Å². The van der Waals surface area contributed by atoms with Crippen LogP contribution >= 0.6 is 0 Å². The van der Waals surface area contributed by atoms with Crippen molar-refractivity contribution in [1.29, 1.82) is 0 Å². The topological polar surface area (TPSA) is 140 Å². The van der Waals surface area contributed by atoms with Crippen LogP contribution in [0.3, 0.4) is 0 Å². The number of hydrogen-bond donors (Lipinski definition) is 4. The maximum absolute atomic E-state index is 13.2. The number of carbonyl (C=O) groups excluding carboxylic acids is 2. The summed E-state index contributed by atoms with van der Waals surface area (Å²) >= 11 is 0. The van der Waals surface area contributed by atoms with Crippen LogP contribution in [0.2, 0.25) is 18.1 Å². The lowest BCUT2D eigenvalue weighted by atomic mass is 10.1. The number of nitrogens with two attached hydrogens (primary N) is 1. The van der Waals surface area contributed by atoms with Crippen molar-refractivity contribution in [3.05, 3.63) is 90.3 Å². The molecular weight excluding hydrogens is 605 g/mol. The Labute approximate surface area is 259 Å². The van der Waals surface area contributed by atoms with E-state index in [4.69, 9.17) is 14.9 Å². The Morgan fingerprint density at radius 3 is 2.00 bits per heavy atom. The average molecular weight is 639 g/mol. The summed E-state index contributed by atoms with van der Waals surface area (Å²) in [6, 6.07) is 17.0. The van der Waals surface area contributed by atoms with Crippen LogP contribution in [0.15, 0.2) is 79.1 Å². The molecule has 0 saturated heterocycles. The summed E-state index contributed by atoms with van der Waals surface area (Å²) in [5.41, 5.74) is 4.49. The largest absolute Gasteiger partial charge is 0.544 e. The maximum atomic E-state index is 13.2. The number of carbonyl (C=O) groups is 2. The summed E-state index contributed by atoms with van der Waals surface area (Å²) in [6.07, 6.45) is -3.38. The second-order valence-electron chi connectivity index (χ2n) is 11.6. The number of halogens is 3. The summed E-state index contributed by atoms with van der Waals surface area (Å²) in [7, 11) is -1.95. The van der Waals surface area contributed by atoms with E-state index in [0.717, 1.165) is 17.5 Å². The second-order valence-corrected chi connectivity index (χ2v) is 16.3. The van der Waals surface area contributed by atoms with Crippen molar-refractivity contribution in [2.24, 2.45) is 5.73 Å². The van der Waals surface area contributed by atoms with Gasteiger partial charge in [-0.2, -0.15) is 13.2 Å². The lowest BCUT2D eigenvalue weighted by Gasteiger charge is -2.36. The van der Waals surface area contributed by atoms with Gasteiger partial charge in [-0.25, -0.2) is 14.8 Å². The quantitative estimate of drug-likeness (QED) is 0.136. The van der Waals surface area contributed by atoms with Crippen LogP contribution in [0, 0.1) is 0 Å². The van der Waals surface area contributed by atoms with Gasteiger partial charge in [0.25, 0.3) is 0 Å². The van der Waals surface area contributed by atoms with Crippen molar-refractivity contribution in [2.45, 2.75) is 45.1 Å². The molecule has 4 rings (SSSR count). The minimum Gasteiger partial charge on any atom is -0.544 e. The van der Waals surface area contributed by atoms with Crippen LogP contribution in [0.25, 0.3) is 0 Å². The highest BCUT2D eigenvalue weighted by atomic mass is 28.4. The molecule has 236 valence electrons. The van der Waals surface area contributed by atoms with Gasteiger partial charge in [0.05, 0.1) is 5.56 Å². The Morgan fingerprint density at radius 1 is 0.800 bits per heavy atom. The molecular formula is C31H33F3N6O4Si. The number of benzene rings is 3. The Balaban J connectivity index is 1.35. The minimum absolute atomic E-state index is 0.0847. The second kappa shape index (κ2) is 12.9. The van der Waals surface area contributed by atoms with Gasteiger partial charge in [-0.05, 0) is 84.9 Å². The van der Waals surface area contributed by atoms with Crippen LogP contribution in [0.5, 0.6) is 17.4 Å². The SMILES string of the molecule is CC(C)(C)[Si](C)(C)Oc1ccc(Nc2cc(Oc3ccc(NC(=O)Nc4cc(C(N)=O)cc(C(F)(F)F)c4)cc3)ncn2)cc1. The van der Waals surface area contributed by atoms with Crippen LogP contribution in [0.1, 0.15) is 36.7 Å². The van der Waals surface area contributed by atoms with E-state index in [2.05, 4.69) is 59.8 Å². The first kappa shape index (κ1) is 32.8. The minimum atomic E-state index is -4.74. The lowest BCUT2D eigenvalue weighted by molar-refractivity contribution is -0.137. The molecule has 1 aromatic heterocycles. The fourth-order valence-corrected chi connectivity index (χ4v) is 4.72. The predicted octanol–water partition coefficient (Wildman–Crippen LogP) is 8.16. The monoisotopic (exact) mass is 638 g/mol. The Hall–Kier alpha value is -5.11. The first-order valence-corrected chi connectivity index (χ1v) is 16.7. The van der Waals surface area contributed by atoms with E-state index in [1.165, 1.54) is 18.5 Å². The Kier molecular flexibility index (Phi) is 9.37. The number of nitrogens with zero attached hydrogens (tertiary/aromatic N) is 2. The highest BCUT2D eigenvalue weighted by Gasteiger charge is 2.39. The van der Waals surface area contributed by atoms with Crippen molar-refractivity contribution in [1.82, 2.24) is 9.97 Å². The molecule has 1 heterocycles. The molecule has 5 N–H and O–H groups in total. The smallest absolute Gasteiger partial charge is 0.416 e. The van der Waals surface area contributed by atoms with Gasteiger partial charge in [-0.3, -0.25) is 4.79 Å². The third kappa shape index (κ3) is 8.95. The van der Waals surface area contributed by atoms with Crippen LogP contribution < -0.4 is 30.8 Å². The van der Waals surface area contributed by atoms with Gasteiger partial charge in [-0.1, -0.05) is 20.8 Å². The van der Waals surface area contributed by atoms with Crippen molar-refractivity contribution in [2.75, 3.05) is 16.0 Å². The number of hydrogen-bond acceptors (Lipinski definition) is 7. The first-order valence-electron chi connectivity index (χ1n) is 13.7. The fourth-order valence-electron chi connectivity index (χ4n) is 3.69. The highest BCUT2D eigenvalue weighted by molar-refractivity contribution is 6.74. The number of alkyl halides is 3. The van der Waals surface area contributed by atoms with E-state index in [1.807, 2.05) is 24.3 Å². The third-order valence-electron chi connectivity index (χ3n) is 7.09. The predicted molar refractivity (Wildman–Crippen MR) is 169 cm³/mol. The van der Waals surface area contributed by atoms with Crippen LogP contribution in [-0.4, -0.2) is 30.2 Å². The molecule has 0 aliphatic carbocycles. The molecule has 45 heavy (non-hydrogen) atoms. The molecule has 0 unspecified atom stereocenters. The molecule has 0 aliphatic rings. The molecule has 14 heteroatoms. The zero-order valence-electron chi connectivity index (χ0n) is 25.2. The molecule has 0 saturated carbocycles. The number of urea groups is 1. The molecule has 0 radical (unpaired) electrons. The Morgan fingerprint density at radius 2 is 1.40 bits per heavy atom. The van der Waals surface area contributed by atoms with E-state index in [1.54, 1.807) is 18.2 Å². The van der Waals surface area contributed by atoms with Gasteiger partial charge in [0.1, 0.15) is 23.6 Å². The summed E-state index contributed by atoms with van der Waals surface area (Å²) in [5.74, 6) is 0.914. The first-order chi connectivity index (χ1) is 21.0. The lowest BCUT2D eigenvalue weighted by Crippen LogP contribution is -2.43. The van der Waals surface area contributed by atoms with Gasteiger partial charge < -0.3 is 30.8 Å². The number of ether oxygens (including phenoxy) is 1. The third-order valence-corrected chi connectivity index (χ3v) is 11.4. The highest BCUT2D eigenvalue weighted by Crippen LogP contribution is 2.38. The van der Waals surface area contributed by atoms with Gasteiger partial charge in [0.2, 0.25) is 20.1 Å². The zero-order chi connectivity index (χ0) is 33.0. The van der Waals surface area contributed by atoms with E-state index >= 15 is 0 Å². The molecule has 0 spiro atoms. The number of anilines is 4. The maximum Gasteiger partial charge on any atom is 0.416 e. The molecule has 0 bridgehead atoms. The zero-order valence-corrected chi connectivity index (χ0v) is 26.2. The van der Waals surface area contributed by atoms with Crippen LogP contribution in [-0.2, 0) is 6.18 Å². The van der Waals surface area contributed by atoms with E-state index in [9.17, 15) is 22.8 Å². The number of nitrogens with one attached hydrogen (secondary N) is 3. The molecule has 3 amide bonds. The molecule has 0 fully saturated rings. The summed E-state index contributed by atoms with van der Waals surface area (Å²) in [6.45, 7) is 10.9. The Bertz CT molecular complexity index is 1670. The standard InChI is InChI=1S/C31H33F3N6O4Si/c1-30(2,3)45(4,5)44-25-12-8-21(9-13-25)38-26-17-27(37-18-36-26)43-24-10-6-22(7-11-24)39-29(42)40-23-15-19(28(35)41)14-20(16-23)31(32,33)34/h6-18H,1-5H3,(H2,35,41)(H,36,37,38)(H2,39,40,42). The molecule has 10 nitrogen and oxygen atoms in total. The molecule has 0 aliphatic heterocycles. The van der Waals surface area contributed by atoms with Gasteiger partial charge in [0, 0.05) is 28.7 Å². The number of amides is 3. The number of rotatable bonds is 9. The fraction of sp³-hybridized carbons (Fsp3) is 0.226. The van der Waals surface area contributed by atoms with Gasteiger partial charge >= 0.3 is 12.2 Å². The molecule has 4 aromatic rings. The van der Waals surface area contributed by atoms with Crippen molar-refractivity contribution in [3.63, 3.8) is 0 Å².